The van der Waals surface area contributed by atoms with E-state index in [-0.39, 0.29) is 12.1 Å². The molecule has 0 aromatic heterocycles. The Balaban J connectivity index is 1.94. The van der Waals surface area contributed by atoms with Gasteiger partial charge in [0.1, 0.15) is 18.4 Å². The largest absolute Gasteiger partial charge is 0.480 e. The van der Waals surface area contributed by atoms with Gasteiger partial charge in [0.15, 0.2) is 0 Å². The van der Waals surface area contributed by atoms with Gasteiger partial charge in [-0.3, -0.25) is 15.1 Å². The van der Waals surface area contributed by atoms with Crippen molar-refractivity contribution < 1.29 is 9.90 Å². The quantitative estimate of drug-likeness (QED) is 0.814. The molecule has 2 N–H and O–H groups in total. The van der Waals surface area contributed by atoms with Crippen molar-refractivity contribution >= 4 is 18.0 Å². The molecule has 1 aromatic rings. The highest BCUT2D eigenvalue weighted by Crippen LogP contribution is 2.28. The predicted octanol–water partition coefficient (Wildman–Crippen LogP) is 1.03. The van der Waals surface area contributed by atoms with Crippen molar-refractivity contribution in [3.05, 3.63) is 35.9 Å². The number of carboxylic acid groups (broad SMARTS) is 1. The fourth-order valence-electron chi connectivity index (χ4n) is 2.47. The van der Waals surface area contributed by atoms with Crippen LogP contribution in [0.3, 0.4) is 0 Å². The lowest BCUT2D eigenvalue weighted by Gasteiger charge is -2.33. The predicted molar refractivity (Wildman–Crippen MR) is 68.1 cm³/mol. The first-order chi connectivity index (χ1) is 8.75. The molecule has 1 aromatic carbocycles. The third-order valence-corrected chi connectivity index (χ3v) is 3.36. The van der Waals surface area contributed by atoms with E-state index in [2.05, 4.69) is 15.3 Å². The molecule has 1 saturated heterocycles. The molecule has 5 nitrogen and oxygen atoms in total. The molecule has 0 aliphatic carbocycles. The van der Waals surface area contributed by atoms with Crippen LogP contribution < -0.4 is 5.32 Å². The zero-order valence-corrected chi connectivity index (χ0v) is 9.65. The van der Waals surface area contributed by atoms with Gasteiger partial charge >= 0.3 is 5.97 Å². The second kappa shape index (κ2) is 4.34. The molecule has 2 aliphatic rings. The maximum Gasteiger partial charge on any atom is 0.321 e. The van der Waals surface area contributed by atoms with Gasteiger partial charge in [0.2, 0.25) is 0 Å². The third kappa shape index (κ3) is 1.82. The number of fused-ring (bicyclic) bond motifs is 1. The standard InChI is InChI=1S/C13H13N3O2/c17-13(18)10-6-9-12(15-7-14-9)11(16-10)8-4-2-1-3-5-8/h1-5,7,10-12,16H,6H2,(H,17,18)/t10-,11-,12-/m0/s1. The highest BCUT2D eigenvalue weighted by Gasteiger charge is 2.39. The Morgan fingerprint density at radius 2 is 2.11 bits per heavy atom. The van der Waals surface area contributed by atoms with Crippen molar-refractivity contribution in [3.8, 4) is 0 Å². The topological polar surface area (TPSA) is 74.0 Å². The maximum absolute atomic E-state index is 11.2. The van der Waals surface area contributed by atoms with E-state index >= 15 is 0 Å². The van der Waals surface area contributed by atoms with E-state index in [1.54, 1.807) is 0 Å². The average molecular weight is 243 g/mol. The number of nitrogens with zero attached hydrogens (tertiary/aromatic N) is 2. The van der Waals surface area contributed by atoms with E-state index in [9.17, 15) is 4.79 Å². The highest BCUT2D eigenvalue weighted by atomic mass is 16.4. The number of rotatable bonds is 2. The molecule has 3 rings (SSSR count). The van der Waals surface area contributed by atoms with Crippen molar-refractivity contribution in [3.63, 3.8) is 0 Å². The van der Waals surface area contributed by atoms with E-state index < -0.39 is 12.0 Å². The van der Waals surface area contributed by atoms with E-state index in [1.807, 2.05) is 30.3 Å². The van der Waals surface area contributed by atoms with Gasteiger partial charge < -0.3 is 5.11 Å². The molecule has 5 heteroatoms. The fraction of sp³-hybridized carbons (Fsp3) is 0.308. The van der Waals surface area contributed by atoms with Gasteiger partial charge in [0.25, 0.3) is 0 Å². The molecule has 0 amide bonds. The molecule has 0 unspecified atom stereocenters. The van der Waals surface area contributed by atoms with Crippen LogP contribution in [-0.2, 0) is 4.79 Å². The zero-order valence-electron chi connectivity index (χ0n) is 9.65. The van der Waals surface area contributed by atoms with Gasteiger partial charge in [-0.05, 0) is 5.56 Å². The Morgan fingerprint density at radius 1 is 1.33 bits per heavy atom. The second-order valence-electron chi connectivity index (χ2n) is 4.48. The number of aliphatic imine (C=N–C) groups is 2. The molecule has 92 valence electrons. The Labute approximate surface area is 104 Å². The lowest BCUT2D eigenvalue weighted by Crippen LogP contribution is -2.51. The summed E-state index contributed by atoms with van der Waals surface area (Å²) in [5.74, 6) is -0.844. The Kier molecular flexibility index (Phi) is 2.68. The summed E-state index contributed by atoms with van der Waals surface area (Å²) in [4.78, 5) is 19.7. The molecule has 0 spiro atoms. The van der Waals surface area contributed by atoms with Crippen molar-refractivity contribution in [2.75, 3.05) is 0 Å². The van der Waals surface area contributed by atoms with Crippen LogP contribution in [0.1, 0.15) is 18.0 Å². The Hall–Kier alpha value is -2.01. The zero-order chi connectivity index (χ0) is 12.5. The van der Waals surface area contributed by atoms with Gasteiger partial charge in [-0.25, -0.2) is 4.99 Å². The van der Waals surface area contributed by atoms with Gasteiger partial charge in [-0.2, -0.15) is 0 Å². The first kappa shape index (κ1) is 11.1. The number of carboxylic acids is 1. The summed E-state index contributed by atoms with van der Waals surface area (Å²) in [6.07, 6.45) is 1.95. The molecule has 3 atom stereocenters. The first-order valence-electron chi connectivity index (χ1n) is 5.88. The summed E-state index contributed by atoms with van der Waals surface area (Å²) in [6.45, 7) is 0. The van der Waals surface area contributed by atoms with Crippen LogP contribution in [0.4, 0.5) is 0 Å². The molecule has 1 fully saturated rings. The normalized spacial score (nSPS) is 29.8. The fourth-order valence-corrected chi connectivity index (χ4v) is 2.47. The van der Waals surface area contributed by atoms with Gasteiger partial charge in [-0.15, -0.1) is 0 Å². The summed E-state index contributed by atoms with van der Waals surface area (Å²) in [5, 5.41) is 12.3. The molecular formula is C13H13N3O2. The van der Waals surface area contributed by atoms with Crippen LogP contribution >= 0.6 is 0 Å². The summed E-state index contributed by atoms with van der Waals surface area (Å²) in [7, 11) is 0. The summed E-state index contributed by atoms with van der Waals surface area (Å²) >= 11 is 0. The number of aliphatic carboxylic acids is 1. The summed E-state index contributed by atoms with van der Waals surface area (Å²) in [5.41, 5.74) is 1.90. The van der Waals surface area contributed by atoms with Crippen molar-refractivity contribution in [2.45, 2.75) is 24.5 Å². The molecule has 0 bridgehead atoms. The number of carbonyl (C=O) groups is 1. The third-order valence-electron chi connectivity index (χ3n) is 3.36. The van der Waals surface area contributed by atoms with Crippen LogP contribution in [0, 0.1) is 0 Å². The van der Waals surface area contributed by atoms with Crippen LogP contribution in [0.2, 0.25) is 0 Å². The second-order valence-corrected chi connectivity index (χ2v) is 4.48. The van der Waals surface area contributed by atoms with Crippen LogP contribution in [0.5, 0.6) is 0 Å². The highest BCUT2D eigenvalue weighted by molar-refractivity contribution is 6.02. The molecule has 0 saturated carbocycles. The van der Waals surface area contributed by atoms with E-state index in [1.165, 1.54) is 6.34 Å². The average Bonchev–Trinajstić information content (AvgIpc) is 2.86. The number of hydrogen-bond acceptors (Lipinski definition) is 4. The molecular weight excluding hydrogens is 230 g/mol. The van der Waals surface area contributed by atoms with E-state index in [0.717, 1.165) is 11.3 Å². The molecule has 0 radical (unpaired) electrons. The molecule has 2 heterocycles. The van der Waals surface area contributed by atoms with Gasteiger partial charge in [0, 0.05) is 12.1 Å². The molecule has 18 heavy (non-hydrogen) atoms. The van der Waals surface area contributed by atoms with Gasteiger partial charge in [-0.1, -0.05) is 30.3 Å². The monoisotopic (exact) mass is 243 g/mol. The lowest BCUT2D eigenvalue weighted by atomic mass is 9.88. The minimum absolute atomic E-state index is 0.0667. The number of benzene rings is 1. The van der Waals surface area contributed by atoms with Crippen LogP contribution in [-0.4, -0.2) is 35.2 Å². The number of piperidine rings is 1. The minimum Gasteiger partial charge on any atom is -0.480 e. The summed E-state index contributed by atoms with van der Waals surface area (Å²) < 4.78 is 0. The van der Waals surface area contributed by atoms with Crippen LogP contribution in [0.25, 0.3) is 0 Å². The van der Waals surface area contributed by atoms with Crippen LogP contribution in [0.15, 0.2) is 40.3 Å². The van der Waals surface area contributed by atoms with E-state index in [4.69, 9.17) is 5.11 Å². The van der Waals surface area contributed by atoms with E-state index in [0.29, 0.717) is 6.42 Å². The van der Waals surface area contributed by atoms with Crippen molar-refractivity contribution in [1.29, 1.82) is 0 Å². The van der Waals surface area contributed by atoms with Crippen molar-refractivity contribution in [2.24, 2.45) is 9.98 Å². The number of nitrogens with one attached hydrogen (secondary N) is 1. The molecule has 2 aliphatic heterocycles. The smallest absolute Gasteiger partial charge is 0.321 e. The van der Waals surface area contributed by atoms with Gasteiger partial charge in [0.05, 0.1) is 6.04 Å². The minimum atomic E-state index is -0.844. The lowest BCUT2D eigenvalue weighted by molar-refractivity contribution is -0.139. The Morgan fingerprint density at radius 3 is 2.83 bits per heavy atom. The van der Waals surface area contributed by atoms with Crippen molar-refractivity contribution in [1.82, 2.24) is 5.32 Å². The SMILES string of the molecule is O=C(O)[C@@H]1CC2=NC=N[C@@H]2[C@H](c2ccccc2)N1. The maximum atomic E-state index is 11.2. The Bertz CT molecular complexity index is 524. The summed E-state index contributed by atoms with van der Waals surface area (Å²) in [6, 6.07) is 9.01. The first-order valence-corrected chi connectivity index (χ1v) is 5.88. The number of hydrogen-bond donors (Lipinski definition) is 2.